The minimum Gasteiger partial charge on any atom is -0.462 e. The summed E-state index contributed by atoms with van der Waals surface area (Å²) in [5.74, 6) is -0.647. The summed E-state index contributed by atoms with van der Waals surface area (Å²) in [6.45, 7) is 7.60. The zero-order chi connectivity index (χ0) is 26.5. The average molecular weight is 509 g/mol. The molecule has 0 N–H and O–H groups in total. The highest BCUT2D eigenvalue weighted by Crippen LogP contribution is 2.15. The van der Waals surface area contributed by atoms with Crippen LogP contribution in [0.15, 0.2) is 12.2 Å². The van der Waals surface area contributed by atoms with Crippen molar-refractivity contribution in [1.29, 1.82) is 0 Å². The lowest BCUT2D eigenvalue weighted by atomic mass is 10.0. The van der Waals surface area contributed by atoms with Gasteiger partial charge in [-0.15, -0.1) is 0 Å². The molecule has 212 valence electrons. The minimum absolute atomic E-state index is 0.0941. The van der Waals surface area contributed by atoms with Gasteiger partial charge in [-0.2, -0.15) is 0 Å². The molecule has 4 nitrogen and oxygen atoms in total. The molecule has 0 heterocycles. The molecule has 0 aliphatic carbocycles. The standard InChI is InChI=1S/C32H60O4/c1-4-5-6-7-8-9-10-11-12-13-14-15-16-17-18-19-20-21-22-23-24-25-26-27-31(33)35-28-29-36-32(34)30(2)3/h2,4-29H2,1,3H3. The first-order chi connectivity index (χ1) is 17.6. The Morgan fingerprint density at radius 1 is 0.500 bits per heavy atom. The van der Waals surface area contributed by atoms with Crippen molar-refractivity contribution in [3.8, 4) is 0 Å². The maximum absolute atomic E-state index is 11.7. The summed E-state index contributed by atoms with van der Waals surface area (Å²) in [7, 11) is 0. The van der Waals surface area contributed by atoms with Gasteiger partial charge >= 0.3 is 11.9 Å². The minimum atomic E-state index is -0.444. The van der Waals surface area contributed by atoms with E-state index >= 15 is 0 Å². The Hall–Kier alpha value is -1.32. The number of ether oxygens (including phenoxy) is 2. The van der Waals surface area contributed by atoms with Crippen molar-refractivity contribution >= 4 is 11.9 Å². The molecule has 0 bridgehead atoms. The Bertz CT molecular complexity index is 514. The van der Waals surface area contributed by atoms with Crippen molar-refractivity contribution in [3.63, 3.8) is 0 Å². The Morgan fingerprint density at radius 3 is 1.14 bits per heavy atom. The van der Waals surface area contributed by atoms with E-state index in [1.54, 1.807) is 6.92 Å². The molecule has 36 heavy (non-hydrogen) atoms. The summed E-state index contributed by atoms with van der Waals surface area (Å²) in [5.41, 5.74) is 0.353. The van der Waals surface area contributed by atoms with Gasteiger partial charge in [0.1, 0.15) is 13.2 Å². The third-order valence-corrected chi connectivity index (χ3v) is 6.91. The van der Waals surface area contributed by atoms with Gasteiger partial charge in [-0.25, -0.2) is 4.79 Å². The fraction of sp³-hybridized carbons (Fsp3) is 0.875. The summed E-state index contributed by atoms with van der Waals surface area (Å²) >= 11 is 0. The summed E-state index contributed by atoms with van der Waals surface area (Å²) in [6, 6.07) is 0. The van der Waals surface area contributed by atoms with Crippen molar-refractivity contribution in [3.05, 3.63) is 12.2 Å². The highest BCUT2D eigenvalue weighted by atomic mass is 16.6. The molecule has 0 aromatic rings. The molecule has 0 saturated carbocycles. The van der Waals surface area contributed by atoms with Crippen LogP contribution in [-0.4, -0.2) is 25.2 Å². The highest BCUT2D eigenvalue weighted by Gasteiger charge is 2.05. The molecule has 0 unspecified atom stereocenters. The van der Waals surface area contributed by atoms with E-state index in [1.165, 1.54) is 135 Å². The molecule has 0 radical (unpaired) electrons. The van der Waals surface area contributed by atoms with Crippen LogP contribution in [0.3, 0.4) is 0 Å². The molecule has 0 amide bonds. The van der Waals surface area contributed by atoms with E-state index in [0.29, 0.717) is 12.0 Å². The topological polar surface area (TPSA) is 52.6 Å². The molecular formula is C32H60O4. The molecule has 0 rings (SSSR count). The van der Waals surface area contributed by atoms with Crippen LogP contribution in [0.2, 0.25) is 0 Å². The molecule has 0 spiro atoms. The number of hydrogen-bond donors (Lipinski definition) is 0. The van der Waals surface area contributed by atoms with Gasteiger partial charge in [0, 0.05) is 12.0 Å². The Balaban J connectivity index is 3.15. The predicted octanol–water partition coefficient (Wildman–Crippen LogP) is 10.0. The normalized spacial score (nSPS) is 10.9. The smallest absolute Gasteiger partial charge is 0.333 e. The van der Waals surface area contributed by atoms with Gasteiger partial charge in [0.25, 0.3) is 0 Å². The van der Waals surface area contributed by atoms with Crippen LogP contribution in [-0.2, 0) is 19.1 Å². The lowest BCUT2D eigenvalue weighted by molar-refractivity contribution is -0.150. The predicted molar refractivity (Wildman–Crippen MR) is 153 cm³/mol. The van der Waals surface area contributed by atoms with Gasteiger partial charge in [0.05, 0.1) is 0 Å². The largest absolute Gasteiger partial charge is 0.462 e. The van der Waals surface area contributed by atoms with E-state index in [4.69, 9.17) is 9.47 Å². The number of hydrogen-bond acceptors (Lipinski definition) is 4. The van der Waals surface area contributed by atoms with Crippen molar-refractivity contribution in [1.82, 2.24) is 0 Å². The number of esters is 2. The Kier molecular flexibility index (Phi) is 27.2. The van der Waals surface area contributed by atoms with E-state index in [-0.39, 0.29) is 19.2 Å². The van der Waals surface area contributed by atoms with E-state index in [2.05, 4.69) is 13.5 Å². The summed E-state index contributed by atoms with van der Waals surface area (Å²) < 4.78 is 9.97. The van der Waals surface area contributed by atoms with Crippen LogP contribution in [0.4, 0.5) is 0 Å². The zero-order valence-corrected chi connectivity index (χ0v) is 24.2. The van der Waals surface area contributed by atoms with Crippen molar-refractivity contribution < 1.29 is 19.1 Å². The van der Waals surface area contributed by atoms with Crippen molar-refractivity contribution in [2.24, 2.45) is 0 Å². The maximum atomic E-state index is 11.7. The molecule has 0 aliphatic heterocycles. The molecule has 0 saturated heterocycles. The molecule has 0 aliphatic rings. The fourth-order valence-electron chi connectivity index (χ4n) is 4.54. The second-order valence-corrected chi connectivity index (χ2v) is 10.7. The van der Waals surface area contributed by atoms with Crippen LogP contribution in [0, 0.1) is 0 Å². The van der Waals surface area contributed by atoms with Crippen LogP contribution in [0.25, 0.3) is 0 Å². The summed E-state index contributed by atoms with van der Waals surface area (Å²) in [6.07, 6.45) is 31.9. The van der Waals surface area contributed by atoms with Gasteiger partial charge in [-0.1, -0.05) is 155 Å². The van der Waals surface area contributed by atoms with E-state index < -0.39 is 5.97 Å². The SMILES string of the molecule is C=C(C)C(=O)OCCOC(=O)CCCCCCCCCCCCCCCCCCCCCCCCC. The Labute approximate surface area is 224 Å². The number of unbranched alkanes of at least 4 members (excludes halogenated alkanes) is 22. The van der Waals surface area contributed by atoms with E-state index in [1.807, 2.05) is 0 Å². The first-order valence-corrected chi connectivity index (χ1v) is 15.6. The van der Waals surface area contributed by atoms with E-state index in [9.17, 15) is 9.59 Å². The lowest BCUT2D eigenvalue weighted by Crippen LogP contribution is -2.14. The van der Waals surface area contributed by atoms with Crippen LogP contribution < -0.4 is 0 Å². The maximum Gasteiger partial charge on any atom is 0.333 e. The second kappa shape index (κ2) is 28.3. The van der Waals surface area contributed by atoms with E-state index in [0.717, 1.165) is 12.8 Å². The third-order valence-electron chi connectivity index (χ3n) is 6.91. The monoisotopic (exact) mass is 508 g/mol. The first-order valence-electron chi connectivity index (χ1n) is 15.6. The van der Waals surface area contributed by atoms with Crippen LogP contribution in [0.1, 0.15) is 168 Å². The number of carbonyl (C=O) groups excluding carboxylic acids is 2. The van der Waals surface area contributed by atoms with Gasteiger partial charge in [-0.05, 0) is 13.3 Å². The lowest BCUT2D eigenvalue weighted by Gasteiger charge is -2.06. The van der Waals surface area contributed by atoms with Gasteiger partial charge < -0.3 is 9.47 Å². The van der Waals surface area contributed by atoms with Crippen molar-refractivity contribution in [2.45, 2.75) is 168 Å². The van der Waals surface area contributed by atoms with Crippen LogP contribution in [0.5, 0.6) is 0 Å². The fourth-order valence-corrected chi connectivity index (χ4v) is 4.54. The number of rotatable bonds is 28. The summed E-state index contributed by atoms with van der Waals surface area (Å²) in [4.78, 5) is 22.9. The first kappa shape index (κ1) is 34.7. The average Bonchev–Trinajstić information content (AvgIpc) is 2.86. The molecular weight excluding hydrogens is 448 g/mol. The van der Waals surface area contributed by atoms with Crippen LogP contribution >= 0.6 is 0 Å². The summed E-state index contributed by atoms with van der Waals surface area (Å²) in [5, 5.41) is 0. The third kappa shape index (κ3) is 27.3. The molecule has 0 fully saturated rings. The van der Waals surface area contributed by atoms with Crippen molar-refractivity contribution in [2.75, 3.05) is 13.2 Å². The molecule has 0 atom stereocenters. The molecule has 0 aromatic heterocycles. The van der Waals surface area contributed by atoms with Gasteiger partial charge in [0.15, 0.2) is 0 Å². The molecule has 4 heteroatoms. The van der Waals surface area contributed by atoms with Gasteiger partial charge in [0.2, 0.25) is 0 Å². The quantitative estimate of drug-likeness (QED) is 0.0599. The van der Waals surface area contributed by atoms with Gasteiger partial charge in [-0.3, -0.25) is 4.79 Å². The zero-order valence-electron chi connectivity index (χ0n) is 24.2. The molecule has 0 aromatic carbocycles. The highest BCUT2D eigenvalue weighted by molar-refractivity contribution is 5.86. The Morgan fingerprint density at radius 2 is 0.806 bits per heavy atom. The number of carbonyl (C=O) groups is 2. The second-order valence-electron chi connectivity index (χ2n) is 10.7.